The summed E-state index contributed by atoms with van der Waals surface area (Å²) in [5.74, 6) is 0.690. The average Bonchev–Trinajstić information content (AvgIpc) is 3.34. The minimum absolute atomic E-state index is 0.105. The zero-order valence-corrected chi connectivity index (χ0v) is 20.7. The molecule has 0 amide bonds. The molecule has 0 bridgehead atoms. The number of nitriles is 1. The van der Waals surface area contributed by atoms with Crippen LogP contribution >= 0.6 is 0 Å². The van der Waals surface area contributed by atoms with Crippen LogP contribution in [0.4, 0.5) is 0 Å². The minimum atomic E-state index is -3.52. The highest BCUT2D eigenvalue weighted by Crippen LogP contribution is 2.49. The lowest BCUT2D eigenvalue weighted by Crippen LogP contribution is -2.40. The molecule has 1 aromatic carbocycles. The first-order chi connectivity index (χ1) is 16.2. The number of methoxy groups -OCH3 is 2. The number of hydrogen-bond donors (Lipinski definition) is 0. The Balaban J connectivity index is 1.82. The molecule has 0 N–H and O–H groups in total. The summed E-state index contributed by atoms with van der Waals surface area (Å²) in [6.07, 6.45) is 7.45. The van der Waals surface area contributed by atoms with Gasteiger partial charge in [0.15, 0.2) is 0 Å². The van der Waals surface area contributed by atoms with Gasteiger partial charge in [0.05, 0.1) is 36.2 Å². The van der Waals surface area contributed by atoms with E-state index in [-0.39, 0.29) is 18.2 Å². The maximum Gasteiger partial charge on any atom is 0.236 e. The highest BCUT2D eigenvalue weighted by Gasteiger charge is 2.43. The summed E-state index contributed by atoms with van der Waals surface area (Å²) in [7, 11) is -0.247. The Morgan fingerprint density at radius 3 is 2.56 bits per heavy atom. The lowest BCUT2D eigenvalue weighted by Gasteiger charge is -2.40. The van der Waals surface area contributed by atoms with Crippen molar-refractivity contribution in [3.63, 3.8) is 0 Å². The second kappa shape index (κ2) is 7.90. The summed E-state index contributed by atoms with van der Waals surface area (Å²) in [5, 5.41) is 11.2. The number of hydrogen-bond acceptors (Lipinski definition) is 6. The largest absolute Gasteiger partial charge is 0.498 e. The fourth-order valence-electron chi connectivity index (χ4n) is 5.63. The van der Waals surface area contributed by atoms with Gasteiger partial charge in [-0.1, -0.05) is 18.2 Å². The summed E-state index contributed by atoms with van der Waals surface area (Å²) < 4.78 is 37.6. The van der Waals surface area contributed by atoms with Crippen LogP contribution in [0, 0.1) is 11.3 Å². The summed E-state index contributed by atoms with van der Waals surface area (Å²) in [4.78, 5) is 2.28. The quantitative estimate of drug-likeness (QED) is 0.663. The summed E-state index contributed by atoms with van der Waals surface area (Å²) in [5.41, 5.74) is 5.76. The molecule has 2 aliphatic heterocycles. The Bertz CT molecular complexity index is 1480. The summed E-state index contributed by atoms with van der Waals surface area (Å²) >= 11 is 0. The maximum atomic E-state index is 12.5. The number of allylic oxidation sites excluding steroid dienone is 3. The SMILES string of the molecule is COC1=CC2=C3C(C#N)=C(c4cn(S(C)(=O)=O)c5ccccc45)C(C)N3C(C)CC2=CC1OC. The molecule has 2 aromatic rings. The summed E-state index contributed by atoms with van der Waals surface area (Å²) in [6.45, 7) is 4.24. The molecule has 7 nitrogen and oxygen atoms in total. The molecule has 0 radical (unpaired) electrons. The number of aromatic nitrogens is 1. The van der Waals surface area contributed by atoms with Crippen LogP contribution in [0.25, 0.3) is 16.5 Å². The highest BCUT2D eigenvalue weighted by atomic mass is 32.2. The molecule has 0 saturated heterocycles. The lowest BCUT2D eigenvalue weighted by molar-refractivity contribution is 0.107. The Kier molecular flexibility index (Phi) is 5.23. The van der Waals surface area contributed by atoms with Gasteiger partial charge in [-0.2, -0.15) is 5.26 Å². The van der Waals surface area contributed by atoms with Crippen LogP contribution in [0.2, 0.25) is 0 Å². The molecule has 3 heterocycles. The molecule has 0 spiro atoms. The molecule has 3 aliphatic rings. The van der Waals surface area contributed by atoms with Crippen molar-refractivity contribution < 1.29 is 17.9 Å². The van der Waals surface area contributed by atoms with Crippen molar-refractivity contribution >= 4 is 26.5 Å². The third-order valence-electron chi connectivity index (χ3n) is 7.04. The van der Waals surface area contributed by atoms with E-state index in [9.17, 15) is 13.7 Å². The van der Waals surface area contributed by atoms with Crippen molar-refractivity contribution in [2.24, 2.45) is 0 Å². The zero-order valence-electron chi connectivity index (χ0n) is 19.9. The van der Waals surface area contributed by atoms with Gasteiger partial charge in [-0.05, 0) is 44.1 Å². The van der Waals surface area contributed by atoms with E-state index in [1.165, 1.54) is 10.2 Å². The molecular formula is C26H27N3O4S. The van der Waals surface area contributed by atoms with Crippen LogP contribution in [-0.2, 0) is 19.5 Å². The molecule has 3 unspecified atom stereocenters. The monoisotopic (exact) mass is 477 g/mol. The molecule has 0 fully saturated rings. The van der Waals surface area contributed by atoms with Gasteiger partial charge in [-0.15, -0.1) is 0 Å². The maximum absolute atomic E-state index is 12.5. The second-order valence-electron chi connectivity index (χ2n) is 9.02. The molecule has 8 heteroatoms. The second-order valence-corrected chi connectivity index (χ2v) is 10.9. The first kappa shape index (κ1) is 22.5. The molecule has 3 atom stereocenters. The third-order valence-corrected chi connectivity index (χ3v) is 8.05. The van der Waals surface area contributed by atoms with Gasteiger partial charge in [0.1, 0.15) is 17.9 Å². The van der Waals surface area contributed by atoms with Crippen molar-refractivity contribution in [3.05, 3.63) is 76.4 Å². The fraction of sp³-hybridized carbons (Fsp3) is 0.346. The van der Waals surface area contributed by atoms with E-state index in [4.69, 9.17) is 9.47 Å². The third kappa shape index (κ3) is 3.15. The molecule has 1 aliphatic carbocycles. The van der Waals surface area contributed by atoms with Crippen molar-refractivity contribution in [2.75, 3.05) is 20.5 Å². The Morgan fingerprint density at radius 2 is 1.91 bits per heavy atom. The molecule has 34 heavy (non-hydrogen) atoms. The van der Waals surface area contributed by atoms with Gasteiger partial charge < -0.3 is 14.4 Å². The van der Waals surface area contributed by atoms with Crippen LogP contribution in [0.15, 0.2) is 70.8 Å². The zero-order chi connectivity index (χ0) is 24.4. The lowest BCUT2D eigenvalue weighted by atomic mass is 9.85. The van der Waals surface area contributed by atoms with Crippen molar-refractivity contribution in [3.8, 4) is 6.07 Å². The van der Waals surface area contributed by atoms with Crippen LogP contribution < -0.4 is 0 Å². The van der Waals surface area contributed by atoms with E-state index in [0.29, 0.717) is 16.8 Å². The summed E-state index contributed by atoms with van der Waals surface area (Å²) in [6, 6.07) is 9.93. The van der Waals surface area contributed by atoms with Crippen molar-refractivity contribution in [2.45, 2.75) is 38.5 Å². The molecule has 176 valence electrons. The van der Waals surface area contributed by atoms with Gasteiger partial charge in [0, 0.05) is 41.4 Å². The smallest absolute Gasteiger partial charge is 0.236 e. The van der Waals surface area contributed by atoms with E-state index in [2.05, 4.69) is 30.9 Å². The average molecular weight is 478 g/mol. The Hall–Kier alpha value is -3.28. The first-order valence-corrected chi connectivity index (χ1v) is 13.0. The highest BCUT2D eigenvalue weighted by molar-refractivity contribution is 7.89. The standard InChI is InChI=1S/C26H27N3O4S/c1-15-10-17-11-23(32-3)24(33-4)12-19(17)26-20(13-27)25(16(2)29(15)26)21-14-28(34(5,30)31)22-9-7-6-8-18(21)22/h6-9,11-12,14-16,23H,10H2,1-5H3. The van der Waals surface area contributed by atoms with Gasteiger partial charge in [-0.25, -0.2) is 12.4 Å². The molecule has 5 rings (SSSR count). The van der Waals surface area contributed by atoms with Gasteiger partial charge in [0.25, 0.3) is 0 Å². The fourth-order valence-corrected chi connectivity index (χ4v) is 6.45. The van der Waals surface area contributed by atoms with E-state index < -0.39 is 10.0 Å². The predicted octanol–water partition coefficient (Wildman–Crippen LogP) is 3.96. The van der Waals surface area contributed by atoms with E-state index in [1.807, 2.05) is 24.3 Å². The normalized spacial score (nSPS) is 24.6. The van der Waals surface area contributed by atoms with Crippen molar-refractivity contribution in [1.29, 1.82) is 5.26 Å². The van der Waals surface area contributed by atoms with E-state index in [0.717, 1.165) is 39.8 Å². The molecule has 1 aromatic heterocycles. The Morgan fingerprint density at radius 1 is 1.18 bits per heavy atom. The molecule has 0 saturated carbocycles. The number of rotatable bonds is 4. The predicted molar refractivity (Wildman–Crippen MR) is 131 cm³/mol. The van der Waals surface area contributed by atoms with Crippen LogP contribution in [0.1, 0.15) is 25.8 Å². The van der Waals surface area contributed by atoms with Crippen LogP contribution in [-0.4, -0.2) is 56.0 Å². The minimum Gasteiger partial charge on any atom is -0.498 e. The van der Waals surface area contributed by atoms with Gasteiger partial charge in [-0.3, -0.25) is 0 Å². The Labute approximate surface area is 199 Å². The number of para-hydroxylation sites is 1. The van der Waals surface area contributed by atoms with E-state index >= 15 is 0 Å². The molecular weight excluding hydrogens is 450 g/mol. The van der Waals surface area contributed by atoms with Crippen LogP contribution in [0.5, 0.6) is 0 Å². The number of ether oxygens (including phenoxy) is 2. The number of nitrogens with zero attached hydrogens (tertiary/aromatic N) is 3. The van der Waals surface area contributed by atoms with E-state index in [1.54, 1.807) is 26.5 Å². The van der Waals surface area contributed by atoms with Crippen LogP contribution in [0.3, 0.4) is 0 Å². The number of fused-ring (bicyclic) bond motifs is 3. The van der Waals surface area contributed by atoms with Crippen molar-refractivity contribution in [1.82, 2.24) is 8.87 Å². The number of benzene rings is 1. The first-order valence-electron chi connectivity index (χ1n) is 11.2. The van der Waals surface area contributed by atoms with Gasteiger partial charge >= 0.3 is 0 Å². The topological polar surface area (TPSA) is 84.6 Å². The van der Waals surface area contributed by atoms with Gasteiger partial charge in [0.2, 0.25) is 10.0 Å².